The molecule has 19 heavy (non-hydrogen) atoms. The molecule has 5 heteroatoms. The molecule has 2 aromatic rings. The minimum atomic E-state index is -0.359. The molecule has 1 aromatic heterocycles. The van der Waals surface area contributed by atoms with Gasteiger partial charge in [-0.2, -0.15) is 5.26 Å². The van der Waals surface area contributed by atoms with Crippen LogP contribution in [0, 0.1) is 11.3 Å². The lowest BCUT2D eigenvalue weighted by Gasteiger charge is -2.16. The number of para-hydroxylation sites is 1. The molecule has 0 saturated carbocycles. The van der Waals surface area contributed by atoms with E-state index in [2.05, 4.69) is 4.98 Å². The number of benzene rings is 1. The summed E-state index contributed by atoms with van der Waals surface area (Å²) >= 11 is 0. The van der Waals surface area contributed by atoms with Gasteiger partial charge in [-0.25, -0.2) is 4.98 Å². The van der Waals surface area contributed by atoms with Crippen LogP contribution in [0.3, 0.4) is 0 Å². The zero-order chi connectivity index (χ0) is 13.7. The normalized spacial score (nSPS) is 10.8. The molecule has 0 unspecified atom stereocenters. The predicted molar refractivity (Wildman–Crippen MR) is 72.0 cm³/mol. The Balaban J connectivity index is 2.25. The second-order valence-electron chi connectivity index (χ2n) is 3.86. The average Bonchev–Trinajstić information content (AvgIpc) is 2.97. The van der Waals surface area contributed by atoms with Crippen molar-refractivity contribution in [1.82, 2.24) is 9.55 Å². The van der Waals surface area contributed by atoms with Crippen molar-refractivity contribution in [1.29, 1.82) is 5.26 Å². The maximum absolute atomic E-state index is 12.2. The Labute approximate surface area is 111 Å². The van der Waals surface area contributed by atoms with Gasteiger partial charge < -0.3 is 9.47 Å². The summed E-state index contributed by atoms with van der Waals surface area (Å²) in [5.41, 5.74) is 0.781. The molecular weight excluding hydrogens is 240 g/mol. The van der Waals surface area contributed by atoms with Gasteiger partial charge in [0.15, 0.2) is 0 Å². The molecule has 0 fully saturated rings. The van der Waals surface area contributed by atoms with Crippen LogP contribution in [0.25, 0.3) is 6.20 Å². The van der Waals surface area contributed by atoms with Crippen molar-refractivity contribution >= 4 is 17.8 Å². The van der Waals surface area contributed by atoms with Crippen molar-refractivity contribution in [2.45, 2.75) is 0 Å². The van der Waals surface area contributed by atoms with E-state index < -0.39 is 0 Å². The molecular formula is C14H12N4O. The van der Waals surface area contributed by atoms with Crippen LogP contribution in [0.15, 0.2) is 54.6 Å². The molecule has 0 saturated heterocycles. The maximum atomic E-state index is 12.2. The lowest BCUT2D eigenvalue weighted by atomic mass is 10.2. The fourth-order valence-electron chi connectivity index (χ4n) is 1.58. The first-order valence-electron chi connectivity index (χ1n) is 5.65. The van der Waals surface area contributed by atoms with E-state index in [-0.39, 0.29) is 11.5 Å². The Hall–Kier alpha value is -2.87. The molecule has 1 amide bonds. The van der Waals surface area contributed by atoms with Gasteiger partial charge >= 0.3 is 0 Å². The van der Waals surface area contributed by atoms with Gasteiger partial charge in [-0.15, -0.1) is 0 Å². The van der Waals surface area contributed by atoms with E-state index >= 15 is 0 Å². The zero-order valence-corrected chi connectivity index (χ0v) is 10.4. The highest BCUT2D eigenvalue weighted by Gasteiger charge is 2.15. The summed E-state index contributed by atoms with van der Waals surface area (Å²) in [5.74, 6) is -0.359. The second kappa shape index (κ2) is 5.65. The summed E-state index contributed by atoms with van der Waals surface area (Å²) in [7, 11) is 1.64. The van der Waals surface area contributed by atoms with Crippen molar-refractivity contribution in [2.75, 3.05) is 11.9 Å². The number of hydrogen-bond acceptors (Lipinski definition) is 3. The Morgan fingerprint density at radius 1 is 1.42 bits per heavy atom. The van der Waals surface area contributed by atoms with Crippen LogP contribution in [0.1, 0.15) is 0 Å². The highest BCUT2D eigenvalue weighted by molar-refractivity contribution is 6.09. The zero-order valence-electron chi connectivity index (χ0n) is 10.4. The number of imidazole rings is 1. The van der Waals surface area contributed by atoms with Crippen LogP contribution in [0.5, 0.6) is 0 Å². The fourth-order valence-corrected chi connectivity index (χ4v) is 1.58. The minimum absolute atomic E-state index is 0.0457. The molecule has 0 spiro atoms. The molecule has 1 heterocycles. The Morgan fingerprint density at radius 3 is 2.74 bits per heavy atom. The molecule has 1 aromatic carbocycles. The first-order chi connectivity index (χ1) is 9.22. The monoisotopic (exact) mass is 252 g/mol. The van der Waals surface area contributed by atoms with Gasteiger partial charge in [0, 0.05) is 31.3 Å². The quantitative estimate of drug-likeness (QED) is 0.619. The maximum Gasteiger partial charge on any atom is 0.270 e. The average molecular weight is 252 g/mol. The molecule has 2 rings (SSSR count). The third-order valence-electron chi connectivity index (χ3n) is 2.60. The number of carbonyl (C=O) groups excluding carboxylic acids is 1. The number of likely N-dealkylation sites (N-methyl/N-ethyl adjacent to an activating group) is 1. The topological polar surface area (TPSA) is 61.9 Å². The van der Waals surface area contributed by atoms with Crippen molar-refractivity contribution in [3.05, 3.63) is 54.6 Å². The Morgan fingerprint density at radius 2 is 2.16 bits per heavy atom. The number of carbonyl (C=O) groups is 1. The summed E-state index contributed by atoms with van der Waals surface area (Å²) in [6.45, 7) is 0. The van der Waals surface area contributed by atoms with Crippen molar-refractivity contribution in [2.24, 2.45) is 0 Å². The van der Waals surface area contributed by atoms with E-state index in [4.69, 9.17) is 5.26 Å². The smallest absolute Gasteiger partial charge is 0.270 e. The van der Waals surface area contributed by atoms with Gasteiger partial charge in [-0.3, -0.25) is 4.79 Å². The molecule has 94 valence electrons. The number of aromatic nitrogens is 2. The largest absolute Gasteiger partial charge is 0.312 e. The highest BCUT2D eigenvalue weighted by atomic mass is 16.2. The van der Waals surface area contributed by atoms with E-state index in [1.807, 2.05) is 36.4 Å². The van der Waals surface area contributed by atoms with Gasteiger partial charge in [-0.1, -0.05) is 18.2 Å². The van der Waals surface area contributed by atoms with E-state index in [0.29, 0.717) is 0 Å². The lowest BCUT2D eigenvalue weighted by molar-refractivity contribution is -0.114. The van der Waals surface area contributed by atoms with E-state index in [0.717, 1.165) is 5.69 Å². The summed E-state index contributed by atoms with van der Waals surface area (Å²) in [5, 5.41) is 9.09. The van der Waals surface area contributed by atoms with Crippen LogP contribution in [0.2, 0.25) is 0 Å². The first kappa shape index (κ1) is 12.6. The molecule has 0 aliphatic heterocycles. The number of amides is 1. The van der Waals surface area contributed by atoms with Gasteiger partial charge in [0.1, 0.15) is 11.6 Å². The Bertz CT molecular complexity index is 623. The number of rotatable bonds is 3. The molecule has 0 atom stereocenters. The van der Waals surface area contributed by atoms with Crippen LogP contribution >= 0.6 is 0 Å². The Kier molecular flexibility index (Phi) is 3.74. The van der Waals surface area contributed by atoms with Gasteiger partial charge in [-0.05, 0) is 12.1 Å². The third kappa shape index (κ3) is 2.87. The molecule has 0 aliphatic carbocycles. The van der Waals surface area contributed by atoms with Gasteiger partial charge in [0.05, 0.1) is 6.33 Å². The van der Waals surface area contributed by atoms with E-state index in [1.165, 1.54) is 17.4 Å². The summed E-state index contributed by atoms with van der Waals surface area (Å²) in [6.07, 6.45) is 6.21. The van der Waals surface area contributed by atoms with Crippen LogP contribution < -0.4 is 4.90 Å². The molecule has 0 N–H and O–H groups in total. The highest BCUT2D eigenvalue weighted by Crippen LogP contribution is 2.14. The lowest BCUT2D eigenvalue weighted by Crippen LogP contribution is -2.27. The van der Waals surface area contributed by atoms with Gasteiger partial charge in [0.25, 0.3) is 5.91 Å². The fraction of sp³-hybridized carbons (Fsp3) is 0.0714. The minimum Gasteiger partial charge on any atom is -0.312 e. The summed E-state index contributed by atoms with van der Waals surface area (Å²) in [6, 6.07) is 11.1. The number of anilines is 1. The third-order valence-corrected chi connectivity index (χ3v) is 2.60. The van der Waals surface area contributed by atoms with Gasteiger partial charge in [0.2, 0.25) is 0 Å². The molecule has 0 aliphatic rings. The molecule has 0 radical (unpaired) electrons. The summed E-state index contributed by atoms with van der Waals surface area (Å²) in [4.78, 5) is 17.5. The van der Waals surface area contributed by atoms with E-state index in [1.54, 1.807) is 24.0 Å². The van der Waals surface area contributed by atoms with Crippen LogP contribution in [0.4, 0.5) is 5.69 Å². The number of hydrogen-bond donors (Lipinski definition) is 0. The van der Waals surface area contributed by atoms with Crippen molar-refractivity contribution in [3.63, 3.8) is 0 Å². The number of nitriles is 1. The predicted octanol–water partition coefficient (Wildman–Crippen LogP) is 1.91. The van der Waals surface area contributed by atoms with Crippen molar-refractivity contribution in [3.8, 4) is 6.07 Å². The van der Waals surface area contributed by atoms with Crippen LogP contribution in [-0.4, -0.2) is 22.5 Å². The SMILES string of the molecule is CN(C(=O)/C(C#N)=C/n1ccnc1)c1ccccc1. The van der Waals surface area contributed by atoms with Crippen molar-refractivity contribution < 1.29 is 4.79 Å². The first-order valence-corrected chi connectivity index (χ1v) is 5.65. The van der Waals surface area contributed by atoms with Crippen LogP contribution in [-0.2, 0) is 4.79 Å². The summed E-state index contributed by atoms with van der Waals surface area (Å²) < 4.78 is 1.56. The number of nitrogens with zero attached hydrogens (tertiary/aromatic N) is 4. The second-order valence-corrected chi connectivity index (χ2v) is 3.86. The van der Waals surface area contributed by atoms with E-state index in [9.17, 15) is 4.79 Å². The molecule has 0 bridgehead atoms. The molecule has 5 nitrogen and oxygen atoms in total. The standard InChI is InChI=1S/C14H12N4O/c1-17(13-5-3-2-4-6-13)14(19)12(9-15)10-18-8-7-16-11-18/h2-8,10-11H,1H3/b12-10+.